The lowest BCUT2D eigenvalue weighted by Gasteiger charge is -2.27. The standard InChI is InChI=1S/C13H19F3N4OS/c1-9-3-5-22-6-4-20(9)12(21)17-7-10-8-19(2)18-11(10)13(14,15)16/h8-9H,3-7H2,1-2H3,(H,17,21)/t9-/m0/s1. The van der Waals surface area contributed by atoms with Gasteiger partial charge >= 0.3 is 12.2 Å². The third-order valence-electron chi connectivity index (χ3n) is 3.55. The number of hydrogen-bond donors (Lipinski definition) is 1. The summed E-state index contributed by atoms with van der Waals surface area (Å²) >= 11 is 1.78. The molecule has 5 nitrogen and oxygen atoms in total. The van der Waals surface area contributed by atoms with Gasteiger partial charge in [-0.25, -0.2) is 4.79 Å². The van der Waals surface area contributed by atoms with Gasteiger partial charge in [0.25, 0.3) is 0 Å². The molecule has 0 bridgehead atoms. The summed E-state index contributed by atoms with van der Waals surface area (Å²) in [5, 5.41) is 6.00. The molecule has 1 aliphatic heterocycles. The average Bonchev–Trinajstić information content (AvgIpc) is 2.67. The number of carbonyl (C=O) groups is 1. The summed E-state index contributed by atoms with van der Waals surface area (Å²) in [6, 6.07) is -0.238. The van der Waals surface area contributed by atoms with Crippen LogP contribution in [0.15, 0.2) is 6.20 Å². The van der Waals surface area contributed by atoms with Crippen LogP contribution in [0.2, 0.25) is 0 Å². The number of nitrogens with zero attached hydrogens (tertiary/aromatic N) is 3. The Labute approximate surface area is 131 Å². The molecule has 1 aliphatic rings. The van der Waals surface area contributed by atoms with E-state index in [9.17, 15) is 18.0 Å². The van der Waals surface area contributed by atoms with Crippen molar-refractivity contribution in [3.8, 4) is 0 Å². The van der Waals surface area contributed by atoms with Gasteiger partial charge in [0.2, 0.25) is 0 Å². The molecule has 1 aromatic rings. The zero-order chi connectivity index (χ0) is 16.3. The summed E-state index contributed by atoms with van der Waals surface area (Å²) < 4.78 is 39.7. The Morgan fingerprint density at radius 1 is 1.50 bits per heavy atom. The van der Waals surface area contributed by atoms with Gasteiger partial charge < -0.3 is 10.2 Å². The van der Waals surface area contributed by atoms with E-state index in [0.717, 1.165) is 22.6 Å². The van der Waals surface area contributed by atoms with Crippen molar-refractivity contribution in [1.29, 1.82) is 0 Å². The van der Waals surface area contributed by atoms with Gasteiger partial charge in [0.1, 0.15) is 0 Å². The molecule has 1 saturated heterocycles. The number of urea groups is 1. The van der Waals surface area contributed by atoms with Crippen molar-refractivity contribution in [2.24, 2.45) is 7.05 Å². The number of alkyl halides is 3. The highest BCUT2D eigenvalue weighted by molar-refractivity contribution is 7.99. The normalized spacial score (nSPS) is 19.9. The third-order valence-corrected chi connectivity index (χ3v) is 4.55. The number of rotatable bonds is 2. The highest BCUT2D eigenvalue weighted by Gasteiger charge is 2.37. The van der Waals surface area contributed by atoms with E-state index >= 15 is 0 Å². The number of carbonyl (C=O) groups excluding carboxylic acids is 1. The summed E-state index contributed by atoms with van der Waals surface area (Å²) in [7, 11) is 1.43. The first-order valence-electron chi connectivity index (χ1n) is 7.01. The van der Waals surface area contributed by atoms with Gasteiger partial charge in [0.15, 0.2) is 5.69 Å². The molecule has 1 atom stereocenters. The minimum atomic E-state index is -4.52. The summed E-state index contributed by atoms with van der Waals surface area (Å²) in [5.41, 5.74) is -0.977. The molecule has 0 spiro atoms. The second-order valence-electron chi connectivity index (χ2n) is 5.28. The highest BCUT2D eigenvalue weighted by Crippen LogP contribution is 2.30. The van der Waals surface area contributed by atoms with Crippen LogP contribution in [0, 0.1) is 0 Å². The van der Waals surface area contributed by atoms with Gasteiger partial charge in [-0.05, 0) is 19.1 Å². The number of thioether (sulfide) groups is 1. The van der Waals surface area contributed by atoms with Gasteiger partial charge in [-0.15, -0.1) is 0 Å². The Hall–Kier alpha value is -1.38. The van der Waals surface area contributed by atoms with E-state index in [1.807, 2.05) is 6.92 Å². The van der Waals surface area contributed by atoms with E-state index in [4.69, 9.17) is 0 Å². The second-order valence-corrected chi connectivity index (χ2v) is 6.50. The van der Waals surface area contributed by atoms with E-state index in [2.05, 4.69) is 10.4 Å². The Kier molecular flexibility index (Phi) is 5.25. The van der Waals surface area contributed by atoms with Crippen LogP contribution in [-0.2, 0) is 19.8 Å². The maximum Gasteiger partial charge on any atom is 0.435 e. The molecule has 2 heterocycles. The topological polar surface area (TPSA) is 50.2 Å². The molecule has 2 rings (SSSR count). The largest absolute Gasteiger partial charge is 0.435 e. The summed E-state index contributed by atoms with van der Waals surface area (Å²) in [6.45, 7) is 2.38. The van der Waals surface area contributed by atoms with Gasteiger partial charge in [-0.3, -0.25) is 4.68 Å². The number of halogens is 3. The zero-order valence-corrected chi connectivity index (χ0v) is 13.3. The van der Waals surface area contributed by atoms with Crippen LogP contribution >= 0.6 is 11.8 Å². The Morgan fingerprint density at radius 3 is 2.91 bits per heavy atom. The van der Waals surface area contributed by atoms with E-state index in [1.165, 1.54) is 13.2 Å². The molecule has 2 amide bonds. The Morgan fingerprint density at radius 2 is 2.23 bits per heavy atom. The van der Waals surface area contributed by atoms with Gasteiger partial charge in [0.05, 0.1) is 0 Å². The number of nitrogens with one attached hydrogen (secondary N) is 1. The molecule has 9 heteroatoms. The van der Waals surface area contributed by atoms with Crippen molar-refractivity contribution >= 4 is 17.8 Å². The van der Waals surface area contributed by atoms with Gasteiger partial charge in [0, 0.05) is 43.7 Å². The molecule has 1 fully saturated rings. The Bertz CT molecular complexity index is 532. The van der Waals surface area contributed by atoms with Crippen LogP contribution in [0.4, 0.5) is 18.0 Å². The van der Waals surface area contributed by atoms with Crippen LogP contribution < -0.4 is 5.32 Å². The number of aryl methyl sites for hydroxylation is 1. The minimum absolute atomic E-state index is 0.0276. The molecule has 0 unspecified atom stereocenters. The molecule has 0 aliphatic carbocycles. The van der Waals surface area contributed by atoms with Crippen LogP contribution in [-0.4, -0.2) is 44.8 Å². The van der Waals surface area contributed by atoms with E-state index in [0.29, 0.717) is 6.54 Å². The number of amides is 2. The zero-order valence-electron chi connectivity index (χ0n) is 12.5. The molecular formula is C13H19F3N4OS. The third kappa shape index (κ3) is 4.08. The molecule has 124 valence electrons. The van der Waals surface area contributed by atoms with Crippen molar-refractivity contribution in [3.63, 3.8) is 0 Å². The molecule has 1 N–H and O–H groups in total. The lowest BCUT2D eigenvalue weighted by atomic mass is 10.2. The molecule has 0 radical (unpaired) electrons. The average molecular weight is 336 g/mol. The first-order chi connectivity index (χ1) is 10.3. The van der Waals surface area contributed by atoms with Crippen LogP contribution in [0.25, 0.3) is 0 Å². The van der Waals surface area contributed by atoms with Gasteiger partial charge in [-0.1, -0.05) is 0 Å². The fourth-order valence-electron chi connectivity index (χ4n) is 2.37. The van der Waals surface area contributed by atoms with Gasteiger partial charge in [-0.2, -0.15) is 30.0 Å². The lowest BCUT2D eigenvalue weighted by molar-refractivity contribution is -0.142. The van der Waals surface area contributed by atoms with Crippen molar-refractivity contribution in [1.82, 2.24) is 20.0 Å². The van der Waals surface area contributed by atoms with Crippen LogP contribution in [0.1, 0.15) is 24.6 Å². The first-order valence-corrected chi connectivity index (χ1v) is 8.16. The molecule has 0 aromatic carbocycles. The number of aromatic nitrogens is 2. The molecule has 0 saturated carbocycles. The summed E-state index contributed by atoms with van der Waals surface area (Å²) in [6.07, 6.45) is -2.35. The highest BCUT2D eigenvalue weighted by atomic mass is 32.2. The lowest BCUT2D eigenvalue weighted by Crippen LogP contribution is -2.45. The van der Waals surface area contributed by atoms with Crippen LogP contribution in [0.3, 0.4) is 0 Å². The minimum Gasteiger partial charge on any atom is -0.334 e. The maximum atomic E-state index is 12.9. The van der Waals surface area contributed by atoms with E-state index in [-0.39, 0.29) is 24.2 Å². The number of hydrogen-bond acceptors (Lipinski definition) is 3. The fourth-order valence-corrected chi connectivity index (χ4v) is 3.41. The van der Waals surface area contributed by atoms with Crippen molar-refractivity contribution in [3.05, 3.63) is 17.5 Å². The predicted molar refractivity (Wildman–Crippen MR) is 78.6 cm³/mol. The predicted octanol–water partition coefficient (Wildman–Crippen LogP) is 2.48. The molecular weight excluding hydrogens is 317 g/mol. The SMILES string of the molecule is C[C@H]1CCSCCN1C(=O)NCc1cn(C)nc1C(F)(F)F. The molecule has 1 aromatic heterocycles. The smallest absolute Gasteiger partial charge is 0.334 e. The fraction of sp³-hybridized carbons (Fsp3) is 0.692. The quantitative estimate of drug-likeness (QED) is 0.903. The molecule has 22 heavy (non-hydrogen) atoms. The van der Waals surface area contributed by atoms with Crippen LogP contribution in [0.5, 0.6) is 0 Å². The van der Waals surface area contributed by atoms with E-state index in [1.54, 1.807) is 16.7 Å². The van der Waals surface area contributed by atoms with E-state index < -0.39 is 11.9 Å². The Balaban J connectivity index is 2.02. The van der Waals surface area contributed by atoms with Crippen molar-refractivity contribution < 1.29 is 18.0 Å². The monoisotopic (exact) mass is 336 g/mol. The second kappa shape index (κ2) is 6.80. The summed E-state index contributed by atoms with van der Waals surface area (Å²) in [5.74, 6) is 1.84. The first kappa shape index (κ1) is 17.0. The van der Waals surface area contributed by atoms with Crippen molar-refractivity contribution in [2.75, 3.05) is 18.1 Å². The maximum absolute atomic E-state index is 12.9. The summed E-state index contributed by atoms with van der Waals surface area (Å²) in [4.78, 5) is 13.9. The van der Waals surface area contributed by atoms with Crippen molar-refractivity contribution in [2.45, 2.75) is 32.1 Å².